The molecular weight excluding hydrogens is 434 g/mol. The molecule has 0 aliphatic rings. The Balaban J connectivity index is 1.47. The van der Waals surface area contributed by atoms with Crippen LogP contribution in [0.15, 0.2) is 59.5 Å². The van der Waals surface area contributed by atoms with Gasteiger partial charge in [0, 0.05) is 34.5 Å². The Labute approximate surface area is 196 Å². The van der Waals surface area contributed by atoms with Gasteiger partial charge in [-0.3, -0.25) is 14.0 Å². The highest BCUT2D eigenvalue weighted by molar-refractivity contribution is 7.16. The van der Waals surface area contributed by atoms with Crippen molar-refractivity contribution < 1.29 is 9.53 Å². The fraction of sp³-hybridized carbons (Fsp3) is 0.269. The van der Waals surface area contributed by atoms with Crippen LogP contribution in [0.25, 0.3) is 4.96 Å². The maximum Gasteiger partial charge on any atom is 0.258 e. The number of anilines is 1. The number of aromatic nitrogens is 2. The summed E-state index contributed by atoms with van der Waals surface area (Å²) in [7, 11) is 0. The van der Waals surface area contributed by atoms with E-state index in [2.05, 4.69) is 31.1 Å². The number of carbonyl (C=O) groups excluding carboxylic acids is 1. The third kappa shape index (κ3) is 5.14. The molecule has 1 N–H and O–H groups in total. The Kier molecular flexibility index (Phi) is 6.08. The van der Waals surface area contributed by atoms with E-state index in [0.717, 1.165) is 10.4 Å². The average Bonchev–Trinajstić information content (AvgIpc) is 3.14. The summed E-state index contributed by atoms with van der Waals surface area (Å²) in [5.41, 5.74) is 3.80. The molecule has 0 radical (unpaired) electrons. The summed E-state index contributed by atoms with van der Waals surface area (Å²) >= 11 is 1.46. The monoisotopic (exact) mass is 461 g/mol. The van der Waals surface area contributed by atoms with Gasteiger partial charge in [-0.05, 0) is 48.6 Å². The lowest BCUT2D eigenvalue weighted by Crippen LogP contribution is -2.15. The molecule has 2 aromatic carbocycles. The first kappa shape index (κ1) is 22.7. The van der Waals surface area contributed by atoms with E-state index in [1.54, 1.807) is 16.7 Å². The van der Waals surface area contributed by atoms with Crippen molar-refractivity contribution in [1.29, 1.82) is 0 Å². The molecule has 0 bridgehead atoms. The number of amides is 1. The second-order valence-electron chi connectivity index (χ2n) is 9.13. The Morgan fingerprint density at radius 2 is 1.82 bits per heavy atom. The quantitative estimate of drug-likeness (QED) is 0.426. The molecule has 33 heavy (non-hydrogen) atoms. The number of aryl methyl sites for hydroxylation is 2. The zero-order valence-corrected chi connectivity index (χ0v) is 20.2. The highest BCUT2D eigenvalue weighted by atomic mass is 32.1. The van der Waals surface area contributed by atoms with Gasteiger partial charge in [0.1, 0.15) is 12.4 Å². The zero-order valence-electron chi connectivity index (χ0n) is 19.4. The Morgan fingerprint density at radius 3 is 2.52 bits per heavy atom. The summed E-state index contributed by atoms with van der Waals surface area (Å²) in [5.74, 6) is 0.443. The first-order chi connectivity index (χ1) is 15.6. The van der Waals surface area contributed by atoms with Crippen LogP contribution in [0, 0.1) is 13.8 Å². The van der Waals surface area contributed by atoms with E-state index >= 15 is 0 Å². The molecule has 0 saturated carbocycles. The van der Waals surface area contributed by atoms with Gasteiger partial charge < -0.3 is 10.1 Å². The number of hydrogen-bond acceptors (Lipinski definition) is 5. The molecule has 7 heteroatoms. The molecule has 0 unspecified atom stereocenters. The van der Waals surface area contributed by atoms with Crippen molar-refractivity contribution in [2.75, 3.05) is 5.32 Å². The minimum absolute atomic E-state index is 0.0332. The smallest absolute Gasteiger partial charge is 0.258 e. The molecule has 170 valence electrons. The lowest BCUT2D eigenvalue weighted by Gasteiger charge is -2.19. The summed E-state index contributed by atoms with van der Waals surface area (Å²) < 4.78 is 7.50. The summed E-state index contributed by atoms with van der Waals surface area (Å²) in [6.07, 6.45) is 1.78. The molecular formula is C26H27N3O3S. The number of ether oxygens (including phenoxy) is 1. The molecule has 6 nitrogen and oxygen atoms in total. The summed E-state index contributed by atoms with van der Waals surface area (Å²) in [5, 5.41) is 2.93. The maximum absolute atomic E-state index is 12.7. The third-order valence-corrected chi connectivity index (χ3v) is 6.27. The number of nitrogens with zero attached hydrogens (tertiary/aromatic N) is 2. The molecule has 0 aliphatic heterocycles. The third-order valence-electron chi connectivity index (χ3n) is 5.37. The van der Waals surface area contributed by atoms with Crippen LogP contribution in [0.4, 0.5) is 5.69 Å². The largest absolute Gasteiger partial charge is 0.487 e. The first-order valence-corrected chi connectivity index (χ1v) is 11.6. The van der Waals surface area contributed by atoms with Crippen molar-refractivity contribution in [3.63, 3.8) is 0 Å². The van der Waals surface area contributed by atoms with E-state index in [1.807, 2.05) is 50.2 Å². The van der Waals surface area contributed by atoms with Gasteiger partial charge in [-0.2, -0.15) is 0 Å². The van der Waals surface area contributed by atoms with Gasteiger partial charge in [0.15, 0.2) is 4.96 Å². The predicted molar refractivity (Wildman–Crippen MR) is 133 cm³/mol. The highest BCUT2D eigenvalue weighted by Gasteiger charge is 2.15. The Bertz CT molecular complexity index is 1380. The van der Waals surface area contributed by atoms with Crippen LogP contribution in [-0.4, -0.2) is 15.3 Å². The lowest BCUT2D eigenvalue weighted by atomic mass is 9.87. The van der Waals surface area contributed by atoms with Crippen LogP contribution in [0.5, 0.6) is 5.75 Å². The van der Waals surface area contributed by atoms with Gasteiger partial charge >= 0.3 is 0 Å². The second-order valence-corrected chi connectivity index (χ2v) is 10.3. The molecule has 4 rings (SSSR count). The van der Waals surface area contributed by atoms with Gasteiger partial charge in [-0.25, -0.2) is 4.98 Å². The number of nitrogens with one attached hydrogen (secondary N) is 1. The van der Waals surface area contributed by atoms with Crippen LogP contribution >= 0.6 is 11.3 Å². The number of hydrogen-bond donors (Lipinski definition) is 1. The maximum atomic E-state index is 12.7. The molecule has 0 aliphatic carbocycles. The van der Waals surface area contributed by atoms with E-state index in [0.29, 0.717) is 27.7 Å². The van der Waals surface area contributed by atoms with Crippen molar-refractivity contribution >= 4 is 27.9 Å². The molecule has 2 heterocycles. The number of benzene rings is 2. The van der Waals surface area contributed by atoms with Crippen LogP contribution in [0.2, 0.25) is 0 Å². The van der Waals surface area contributed by atoms with Crippen molar-refractivity contribution in [2.45, 2.75) is 46.6 Å². The molecule has 0 spiro atoms. The minimum atomic E-state index is -0.182. The van der Waals surface area contributed by atoms with Crippen molar-refractivity contribution in [2.24, 2.45) is 0 Å². The molecule has 1 amide bonds. The van der Waals surface area contributed by atoms with Crippen molar-refractivity contribution in [3.8, 4) is 5.75 Å². The molecule has 4 aromatic rings. The number of fused-ring (bicyclic) bond motifs is 1. The van der Waals surface area contributed by atoms with Crippen LogP contribution in [0.3, 0.4) is 0 Å². The van der Waals surface area contributed by atoms with Crippen LogP contribution in [0.1, 0.15) is 52.8 Å². The average molecular weight is 462 g/mol. The minimum Gasteiger partial charge on any atom is -0.487 e. The number of rotatable bonds is 5. The standard InChI is InChI=1S/C26H27N3O3S/c1-16-6-11-20(27-24(31)18-7-9-19(10-8-18)26(3,4)5)12-22(16)32-15-21-13-23(30)29-14-17(2)33-25(29)28-21/h6-14H,15H2,1-5H3,(H,27,31). The number of carbonyl (C=O) groups is 1. The molecule has 0 fully saturated rings. The Morgan fingerprint density at radius 1 is 1.09 bits per heavy atom. The molecule has 0 atom stereocenters. The fourth-order valence-electron chi connectivity index (χ4n) is 3.44. The van der Waals surface area contributed by atoms with Gasteiger partial charge in [0.05, 0.1) is 5.69 Å². The van der Waals surface area contributed by atoms with Crippen LogP contribution in [-0.2, 0) is 12.0 Å². The van der Waals surface area contributed by atoms with E-state index in [-0.39, 0.29) is 23.5 Å². The topological polar surface area (TPSA) is 72.7 Å². The van der Waals surface area contributed by atoms with E-state index < -0.39 is 0 Å². The van der Waals surface area contributed by atoms with E-state index in [9.17, 15) is 9.59 Å². The normalized spacial score (nSPS) is 11.5. The highest BCUT2D eigenvalue weighted by Crippen LogP contribution is 2.25. The zero-order chi connectivity index (χ0) is 23.8. The van der Waals surface area contributed by atoms with Gasteiger partial charge in [-0.1, -0.05) is 39.0 Å². The van der Waals surface area contributed by atoms with Crippen molar-refractivity contribution in [3.05, 3.63) is 92.3 Å². The van der Waals surface area contributed by atoms with Crippen molar-refractivity contribution in [1.82, 2.24) is 9.38 Å². The van der Waals surface area contributed by atoms with E-state index in [4.69, 9.17) is 4.74 Å². The number of thiazole rings is 1. The SMILES string of the molecule is Cc1cn2c(=O)cc(COc3cc(NC(=O)c4ccc(C(C)(C)C)cc4)ccc3C)nc2s1. The Hall–Kier alpha value is -3.45. The molecule has 0 saturated heterocycles. The van der Waals surface area contributed by atoms with Crippen LogP contribution < -0.4 is 15.6 Å². The summed E-state index contributed by atoms with van der Waals surface area (Å²) in [4.78, 5) is 31.2. The summed E-state index contributed by atoms with van der Waals surface area (Å²) in [6, 6.07) is 14.7. The lowest BCUT2D eigenvalue weighted by molar-refractivity contribution is 0.102. The van der Waals surface area contributed by atoms with E-state index in [1.165, 1.54) is 23.0 Å². The predicted octanol–water partition coefficient (Wildman–Crippen LogP) is 5.50. The fourth-order valence-corrected chi connectivity index (χ4v) is 4.29. The van der Waals surface area contributed by atoms with Gasteiger partial charge in [-0.15, -0.1) is 11.3 Å². The van der Waals surface area contributed by atoms with Gasteiger partial charge in [0.2, 0.25) is 0 Å². The molecule has 2 aromatic heterocycles. The first-order valence-electron chi connectivity index (χ1n) is 10.7. The second kappa shape index (κ2) is 8.83. The summed E-state index contributed by atoms with van der Waals surface area (Å²) in [6.45, 7) is 10.5. The van der Waals surface area contributed by atoms with Gasteiger partial charge in [0.25, 0.3) is 11.5 Å².